The normalized spacial score (nSPS) is 9.84. The Balaban J connectivity index is 2.34. The first-order valence-electron chi connectivity index (χ1n) is 6.06. The van der Waals surface area contributed by atoms with Crippen LogP contribution < -0.4 is 4.74 Å². The topological polar surface area (TPSA) is 55.8 Å². The third-order valence-electron chi connectivity index (χ3n) is 2.58. The zero-order valence-electron chi connectivity index (χ0n) is 11.5. The van der Waals surface area contributed by atoms with Crippen molar-refractivity contribution in [1.29, 1.82) is 0 Å². The predicted octanol–water partition coefficient (Wildman–Crippen LogP) is 1.72. The van der Waals surface area contributed by atoms with Crippen LogP contribution in [0.3, 0.4) is 0 Å². The summed E-state index contributed by atoms with van der Waals surface area (Å²) >= 11 is 0. The summed E-state index contributed by atoms with van der Waals surface area (Å²) in [5.41, 5.74) is 0.484. The molecule has 19 heavy (non-hydrogen) atoms. The van der Waals surface area contributed by atoms with E-state index in [9.17, 15) is 9.59 Å². The molecule has 0 saturated carbocycles. The molecule has 1 rings (SSSR count). The molecule has 0 radical (unpaired) electrons. The van der Waals surface area contributed by atoms with E-state index in [4.69, 9.17) is 4.74 Å². The third-order valence-corrected chi connectivity index (χ3v) is 2.58. The molecule has 104 valence electrons. The molecule has 0 fully saturated rings. The summed E-state index contributed by atoms with van der Waals surface area (Å²) in [5, 5.41) is 0. The number of ether oxygens (including phenoxy) is 2. The van der Waals surface area contributed by atoms with Gasteiger partial charge in [-0.25, -0.2) is 4.79 Å². The summed E-state index contributed by atoms with van der Waals surface area (Å²) in [6.45, 7) is 0.469. The average molecular weight is 265 g/mol. The van der Waals surface area contributed by atoms with E-state index >= 15 is 0 Å². The van der Waals surface area contributed by atoms with Crippen LogP contribution in [0.25, 0.3) is 0 Å². The second-order valence-corrected chi connectivity index (χ2v) is 4.26. The molecule has 0 aliphatic carbocycles. The first kappa shape index (κ1) is 15.0. The minimum Gasteiger partial charge on any atom is -0.494 e. The Morgan fingerprint density at radius 3 is 2.32 bits per heavy atom. The zero-order chi connectivity index (χ0) is 14.3. The Morgan fingerprint density at radius 1 is 1.16 bits per heavy atom. The summed E-state index contributed by atoms with van der Waals surface area (Å²) in [6, 6.07) is 6.71. The average Bonchev–Trinajstić information content (AvgIpc) is 2.43. The van der Waals surface area contributed by atoms with Gasteiger partial charge in [-0.1, -0.05) is 0 Å². The van der Waals surface area contributed by atoms with E-state index in [2.05, 4.69) is 4.74 Å². The molecule has 0 spiro atoms. The zero-order valence-corrected chi connectivity index (χ0v) is 11.5. The van der Waals surface area contributed by atoms with Crippen LogP contribution in [0.1, 0.15) is 23.2 Å². The van der Waals surface area contributed by atoms with Crippen LogP contribution in [-0.2, 0) is 9.53 Å². The third kappa shape index (κ3) is 4.99. The highest BCUT2D eigenvalue weighted by Crippen LogP contribution is 2.13. The van der Waals surface area contributed by atoms with Crippen molar-refractivity contribution in [2.24, 2.45) is 0 Å². The number of hydrogen-bond acceptors (Lipinski definition) is 4. The maximum atomic E-state index is 11.3. The Kier molecular flexibility index (Phi) is 5.85. The molecule has 5 nitrogen and oxygen atoms in total. The maximum absolute atomic E-state index is 11.3. The van der Waals surface area contributed by atoms with Crippen molar-refractivity contribution in [3.8, 4) is 5.75 Å². The Bertz CT molecular complexity index is 426. The fourth-order valence-corrected chi connectivity index (χ4v) is 1.44. The molecular formula is C14H19NO4. The highest BCUT2D eigenvalue weighted by atomic mass is 16.5. The van der Waals surface area contributed by atoms with E-state index in [1.165, 1.54) is 7.11 Å². The van der Waals surface area contributed by atoms with Crippen molar-refractivity contribution in [2.45, 2.75) is 12.8 Å². The van der Waals surface area contributed by atoms with Gasteiger partial charge in [-0.2, -0.15) is 0 Å². The van der Waals surface area contributed by atoms with Gasteiger partial charge in [0.15, 0.2) is 0 Å². The molecule has 0 aliphatic rings. The lowest BCUT2D eigenvalue weighted by molar-refractivity contribution is -0.128. The summed E-state index contributed by atoms with van der Waals surface area (Å²) in [6.07, 6.45) is 1.13. The molecule has 0 atom stereocenters. The first-order valence-corrected chi connectivity index (χ1v) is 6.06. The maximum Gasteiger partial charge on any atom is 0.337 e. The van der Waals surface area contributed by atoms with Gasteiger partial charge in [-0.3, -0.25) is 4.79 Å². The summed E-state index contributed by atoms with van der Waals surface area (Å²) in [4.78, 5) is 24.1. The van der Waals surface area contributed by atoms with E-state index in [1.807, 2.05) is 0 Å². The van der Waals surface area contributed by atoms with Crippen LogP contribution in [0.4, 0.5) is 0 Å². The van der Waals surface area contributed by atoms with Crippen LogP contribution in [0, 0.1) is 0 Å². The number of hydrogen-bond donors (Lipinski definition) is 0. The number of benzene rings is 1. The largest absolute Gasteiger partial charge is 0.494 e. The molecule has 0 saturated heterocycles. The van der Waals surface area contributed by atoms with Gasteiger partial charge in [0, 0.05) is 20.5 Å². The van der Waals surface area contributed by atoms with E-state index in [0.29, 0.717) is 30.8 Å². The highest BCUT2D eigenvalue weighted by Gasteiger charge is 2.05. The SMILES string of the molecule is COC(=O)c1ccc(OCCCC(=O)N(C)C)cc1. The van der Waals surface area contributed by atoms with Gasteiger partial charge >= 0.3 is 5.97 Å². The second kappa shape index (κ2) is 7.41. The molecule has 0 heterocycles. The highest BCUT2D eigenvalue weighted by molar-refractivity contribution is 5.89. The van der Waals surface area contributed by atoms with Gasteiger partial charge in [0.05, 0.1) is 19.3 Å². The molecule has 1 aromatic carbocycles. The van der Waals surface area contributed by atoms with Crippen LogP contribution in [0.15, 0.2) is 24.3 Å². The molecule has 1 aromatic rings. The minimum atomic E-state index is -0.372. The smallest absolute Gasteiger partial charge is 0.337 e. The number of carbonyl (C=O) groups excluding carboxylic acids is 2. The van der Waals surface area contributed by atoms with Crippen LogP contribution in [-0.4, -0.2) is 44.6 Å². The molecular weight excluding hydrogens is 246 g/mol. The summed E-state index contributed by atoms with van der Waals surface area (Å²) < 4.78 is 10.1. The van der Waals surface area contributed by atoms with Crippen molar-refractivity contribution in [2.75, 3.05) is 27.8 Å². The van der Waals surface area contributed by atoms with Crippen molar-refractivity contribution >= 4 is 11.9 Å². The quantitative estimate of drug-likeness (QED) is 0.580. The number of carbonyl (C=O) groups is 2. The van der Waals surface area contributed by atoms with Crippen LogP contribution in [0.5, 0.6) is 5.75 Å². The number of methoxy groups -OCH3 is 1. The van der Waals surface area contributed by atoms with E-state index in [-0.39, 0.29) is 11.9 Å². The molecule has 0 N–H and O–H groups in total. The molecule has 0 unspecified atom stereocenters. The van der Waals surface area contributed by atoms with Crippen molar-refractivity contribution in [3.63, 3.8) is 0 Å². The van der Waals surface area contributed by atoms with Gasteiger partial charge < -0.3 is 14.4 Å². The number of amides is 1. The second-order valence-electron chi connectivity index (χ2n) is 4.26. The Morgan fingerprint density at radius 2 is 1.79 bits per heavy atom. The van der Waals surface area contributed by atoms with Crippen LogP contribution >= 0.6 is 0 Å². The van der Waals surface area contributed by atoms with Gasteiger partial charge in [-0.15, -0.1) is 0 Å². The lowest BCUT2D eigenvalue weighted by Crippen LogP contribution is -2.21. The van der Waals surface area contributed by atoms with E-state index in [0.717, 1.165) is 0 Å². The predicted molar refractivity (Wildman–Crippen MR) is 71.2 cm³/mol. The van der Waals surface area contributed by atoms with Crippen molar-refractivity contribution in [3.05, 3.63) is 29.8 Å². The molecule has 0 bridgehead atoms. The van der Waals surface area contributed by atoms with E-state index < -0.39 is 0 Å². The molecule has 5 heteroatoms. The first-order chi connectivity index (χ1) is 9.04. The Hall–Kier alpha value is -2.04. The lowest BCUT2D eigenvalue weighted by Gasteiger charge is -2.10. The summed E-state index contributed by atoms with van der Waals surface area (Å²) in [7, 11) is 4.80. The van der Waals surface area contributed by atoms with Crippen LogP contribution in [0.2, 0.25) is 0 Å². The van der Waals surface area contributed by atoms with E-state index in [1.54, 1.807) is 43.3 Å². The number of nitrogens with zero attached hydrogens (tertiary/aromatic N) is 1. The van der Waals surface area contributed by atoms with Gasteiger partial charge in [0.1, 0.15) is 5.75 Å². The lowest BCUT2D eigenvalue weighted by atomic mass is 10.2. The summed E-state index contributed by atoms with van der Waals surface area (Å²) in [5.74, 6) is 0.387. The monoisotopic (exact) mass is 265 g/mol. The molecule has 0 aliphatic heterocycles. The van der Waals surface area contributed by atoms with Crippen molar-refractivity contribution in [1.82, 2.24) is 4.90 Å². The fourth-order valence-electron chi connectivity index (χ4n) is 1.44. The van der Waals surface area contributed by atoms with Gasteiger partial charge in [-0.05, 0) is 30.7 Å². The molecule has 1 amide bonds. The van der Waals surface area contributed by atoms with Gasteiger partial charge in [0.25, 0.3) is 0 Å². The molecule has 0 aromatic heterocycles. The Labute approximate surface area is 113 Å². The fraction of sp³-hybridized carbons (Fsp3) is 0.429. The van der Waals surface area contributed by atoms with Gasteiger partial charge in [0.2, 0.25) is 5.91 Å². The standard InChI is InChI=1S/C14H19NO4/c1-15(2)13(16)5-4-10-19-12-8-6-11(7-9-12)14(17)18-3/h6-9H,4-5,10H2,1-3H3. The van der Waals surface area contributed by atoms with Crippen molar-refractivity contribution < 1.29 is 19.1 Å². The minimum absolute atomic E-state index is 0.0876. The number of rotatable bonds is 6. The number of esters is 1.